The average molecular weight is 290 g/mol. The second-order valence-corrected chi connectivity index (χ2v) is 4.83. The van der Waals surface area contributed by atoms with Gasteiger partial charge in [0.15, 0.2) is 5.82 Å². The Kier molecular flexibility index (Phi) is 4.06. The fourth-order valence-corrected chi connectivity index (χ4v) is 2.25. The third-order valence-corrected chi connectivity index (χ3v) is 3.37. The van der Waals surface area contributed by atoms with E-state index < -0.39 is 11.6 Å². The van der Waals surface area contributed by atoms with Crippen molar-refractivity contribution in [3.8, 4) is 11.3 Å². The third-order valence-electron chi connectivity index (χ3n) is 3.37. The summed E-state index contributed by atoms with van der Waals surface area (Å²) in [6.45, 7) is 1.35. The van der Waals surface area contributed by atoms with Crippen LogP contribution < -0.4 is 5.32 Å². The summed E-state index contributed by atoms with van der Waals surface area (Å²) in [5.41, 5.74) is 0.0507. The summed E-state index contributed by atoms with van der Waals surface area (Å²) in [5, 5.41) is 3.14. The molecule has 1 N–H and O–H groups in total. The number of hydrogen-bond acceptors (Lipinski definition) is 4. The number of anilines is 1. The fourth-order valence-electron chi connectivity index (χ4n) is 2.25. The second-order valence-electron chi connectivity index (χ2n) is 4.83. The van der Waals surface area contributed by atoms with E-state index in [1.165, 1.54) is 12.1 Å². The molecular formula is C15H14F2N3O. The van der Waals surface area contributed by atoms with Crippen molar-refractivity contribution in [3.05, 3.63) is 42.1 Å². The van der Waals surface area contributed by atoms with E-state index in [0.717, 1.165) is 25.1 Å². The lowest BCUT2D eigenvalue weighted by Crippen LogP contribution is -2.28. The molecule has 3 rings (SSSR count). The van der Waals surface area contributed by atoms with Gasteiger partial charge in [-0.25, -0.2) is 18.7 Å². The molecule has 0 unspecified atom stereocenters. The Morgan fingerprint density at radius 2 is 2.05 bits per heavy atom. The SMILES string of the molecule is Fc1c[c]ccc1-c1nc(NC2CCOCC2)ncc1F. The van der Waals surface area contributed by atoms with E-state index in [1.807, 2.05) is 0 Å². The maximum Gasteiger partial charge on any atom is 0.223 e. The van der Waals surface area contributed by atoms with Crippen LogP contribution in [-0.4, -0.2) is 29.2 Å². The van der Waals surface area contributed by atoms with E-state index in [1.54, 1.807) is 0 Å². The van der Waals surface area contributed by atoms with Gasteiger partial charge in [0, 0.05) is 24.8 Å². The van der Waals surface area contributed by atoms with Gasteiger partial charge in [0.2, 0.25) is 5.95 Å². The van der Waals surface area contributed by atoms with E-state index in [9.17, 15) is 8.78 Å². The van der Waals surface area contributed by atoms with E-state index >= 15 is 0 Å². The lowest BCUT2D eigenvalue weighted by molar-refractivity contribution is 0.0903. The number of benzene rings is 1. The molecule has 6 heteroatoms. The van der Waals surface area contributed by atoms with E-state index in [4.69, 9.17) is 4.74 Å². The molecule has 1 radical (unpaired) electrons. The van der Waals surface area contributed by atoms with E-state index in [-0.39, 0.29) is 17.3 Å². The zero-order chi connectivity index (χ0) is 14.7. The fraction of sp³-hybridized carbons (Fsp3) is 0.333. The topological polar surface area (TPSA) is 47.0 Å². The molecular weight excluding hydrogens is 276 g/mol. The van der Waals surface area contributed by atoms with Gasteiger partial charge in [-0.1, -0.05) is 6.07 Å². The van der Waals surface area contributed by atoms with Crippen molar-refractivity contribution >= 4 is 5.95 Å². The molecule has 2 aromatic rings. The summed E-state index contributed by atoms with van der Waals surface area (Å²) < 4.78 is 32.9. The predicted octanol–water partition coefficient (Wildman–Crippen LogP) is 2.81. The minimum absolute atomic E-state index is 0.0499. The van der Waals surface area contributed by atoms with Crippen LogP contribution in [0.5, 0.6) is 0 Å². The molecule has 2 heterocycles. The average Bonchev–Trinajstić information content (AvgIpc) is 2.51. The smallest absolute Gasteiger partial charge is 0.223 e. The standard InChI is InChI=1S/C15H14F2N3O/c16-12-4-2-1-3-11(12)14-13(17)9-18-15(20-14)19-10-5-7-21-8-6-10/h1,3-4,9-10H,5-8H2,(H,18,19,20). The number of nitrogens with one attached hydrogen (secondary N) is 1. The van der Waals surface area contributed by atoms with Crippen molar-refractivity contribution in [1.29, 1.82) is 0 Å². The molecule has 0 spiro atoms. The number of rotatable bonds is 3. The van der Waals surface area contributed by atoms with Gasteiger partial charge in [-0.15, -0.1) is 0 Å². The van der Waals surface area contributed by atoms with Crippen molar-refractivity contribution in [3.63, 3.8) is 0 Å². The zero-order valence-corrected chi connectivity index (χ0v) is 11.3. The third kappa shape index (κ3) is 3.16. The molecule has 1 aromatic heterocycles. The summed E-state index contributed by atoms with van der Waals surface area (Å²) in [7, 11) is 0. The van der Waals surface area contributed by atoms with Crippen LogP contribution in [0.2, 0.25) is 0 Å². The van der Waals surface area contributed by atoms with Crippen molar-refractivity contribution in [1.82, 2.24) is 9.97 Å². The number of halogens is 2. The molecule has 1 saturated heterocycles. The van der Waals surface area contributed by atoms with Crippen LogP contribution in [0.1, 0.15) is 12.8 Å². The van der Waals surface area contributed by atoms with Gasteiger partial charge in [0.05, 0.1) is 6.20 Å². The molecule has 0 saturated carbocycles. The highest BCUT2D eigenvalue weighted by molar-refractivity contribution is 5.61. The minimum atomic E-state index is -0.655. The molecule has 0 aliphatic carbocycles. The van der Waals surface area contributed by atoms with Crippen LogP contribution in [0.4, 0.5) is 14.7 Å². The molecule has 0 bridgehead atoms. The second kappa shape index (κ2) is 6.13. The normalized spacial score (nSPS) is 15.9. The molecule has 1 aliphatic heterocycles. The van der Waals surface area contributed by atoms with Crippen molar-refractivity contribution in [2.75, 3.05) is 18.5 Å². The highest BCUT2D eigenvalue weighted by atomic mass is 19.1. The molecule has 109 valence electrons. The van der Waals surface area contributed by atoms with E-state index in [0.29, 0.717) is 19.2 Å². The first-order valence-corrected chi connectivity index (χ1v) is 6.77. The molecule has 0 amide bonds. The van der Waals surface area contributed by atoms with Gasteiger partial charge >= 0.3 is 0 Å². The Hall–Kier alpha value is -2.08. The van der Waals surface area contributed by atoms with Crippen molar-refractivity contribution in [2.24, 2.45) is 0 Å². The Labute approximate surface area is 121 Å². The summed E-state index contributed by atoms with van der Waals surface area (Å²) in [6, 6.07) is 6.90. The van der Waals surface area contributed by atoms with Gasteiger partial charge < -0.3 is 10.1 Å². The maximum absolute atomic E-state index is 13.9. The monoisotopic (exact) mass is 290 g/mol. The molecule has 1 fully saturated rings. The lowest BCUT2D eigenvalue weighted by atomic mass is 10.1. The van der Waals surface area contributed by atoms with Gasteiger partial charge in [-0.3, -0.25) is 0 Å². The van der Waals surface area contributed by atoms with Crippen LogP contribution in [0.25, 0.3) is 11.3 Å². The van der Waals surface area contributed by atoms with Crippen molar-refractivity contribution in [2.45, 2.75) is 18.9 Å². The van der Waals surface area contributed by atoms with Crippen LogP contribution >= 0.6 is 0 Å². The summed E-state index contributed by atoms with van der Waals surface area (Å²) >= 11 is 0. The first-order valence-electron chi connectivity index (χ1n) is 6.77. The number of nitrogens with zero attached hydrogens (tertiary/aromatic N) is 2. The highest BCUT2D eigenvalue weighted by Gasteiger charge is 2.17. The molecule has 1 aliphatic rings. The Balaban J connectivity index is 1.87. The van der Waals surface area contributed by atoms with Gasteiger partial charge in [-0.2, -0.15) is 0 Å². The number of aromatic nitrogens is 2. The zero-order valence-electron chi connectivity index (χ0n) is 11.3. The van der Waals surface area contributed by atoms with Crippen molar-refractivity contribution < 1.29 is 13.5 Å². The van der Waals surface area contributed by atoms with Crippen LogP contribution in [-0.2, 0) is 4.74 Å². The predicted molar refractivity (Wildman–Crippen MR) is 73.7 cm³/mol. The molecule has 21 heavy (non-hydrogen) atoms. The first-order chi connectivity index (χ1) is 10.2. The first kappa shape index (κ1) is 13.9. The van der Waals surface area contributed by atoms with Gasteiger partial charge in [0.1, 0.15) is 11.5 Å². The van der Waals surface area contributed by atoms with E-state index in [2.05, 4.69) is 21.4 Å². The lowest BCUT2D eigenvalue weighted by Gasteiger charge is -2.23. The molecule has 0 atom stereocenters. The summed E-state index contributed by atoms with van der Waals surface area (Å²) in [6.07, 6.45) is 2.73. The van der Waals surface area contributed by atoms with Gasteiger partial charge in [0.25, 0.3) is 0 Å². The Bertz CT molecular complexity index is 630. The van der Waals surface area contributed by atoms with Crippen LogP contribution in [0, 0.1) is 17.7 Å². The highest BCUT2D eigenvalue weighted by Crippen LogP contribution is 2.24. The maximum atomic E-state index is 13.9. The summed E-state index contributed by atoms with van der Waals surface area (Å²) in [4.78, 5) is 8.03. The molecule has 1 aromatic carbocycles. The molecule has 4 nitrogen and oxygen atoms in total. The Morgan fingerprint density at radius 3 is 2.81 bits per heavy atom. The Morgan fingerprint density at radius 1 is 1.24 bits per heavy atom. The van der Waals surface area contributed by atoms with Crippen LogP contribution in [0.15, 0.2) is 24.4 Å². The largest absolute Gasteiger partial charge is 0.381 e. The minimum Gasteiger partial charge on any atom is -0.381 e. The summed E-state index contributed by atoms with van der Waals surface area (Å²) in [5.74, 6) is -0.921. The van der Waals surface area contributed by atoms with Crippen LogP contribution in [0.3, 0.4) is 0 Å². The quantitative estimate of drug-likeness (QED) is 0.944. The number of hydrogen-bond donors (Lipinski definition) is 1. The number of ether oxygens (including phenoxy) is 1. The van der Waals surface area contributed by atoms with Gasteiger partial charge in [-0.05, 0) is 31.0 Å².